The van der Waals surface area contributed by atoms with Gasteiger partial charge in [0.15, 0.2) is 0 Å². The number of halogens is 1. The second-order valence-corrected chi connectivity index (χ2v) is 11.9. The van der Waals surface area contributed by atoms with E-state index in [4.69, 9.17) is 21.1 Å². The molecule has 4 unspecified atom stereocenters. The number of aliphatic hydroxyl groups excluding tert-OH is 3. The van der Waals surface area contributed by atoms with Crippen LogP contribution in [0.4, 0.5) is 0 Å². The van der Waals surface area contributed by atoms with Crippen molar-refractivity contribution in [2.75, 3.05) is 32.5 Å². The second-order valence-electron chi connectivity index (χ2n) is 10.2. The van der Waals surface area contributed by atoms with Crippen LogP contribution in [0.1, 0.15) is 32.6 Å². The zero-order chi connectivity index (χ0) is 24.4. The molecule has 1 amide bonds. The van der Waals surface area contributed by atoms with Gasteiger partial charge in [0.1, 0.15) is 35.9 Å². The second kappa shape index (κ2) is 11.9. The van der Waals surface area contributed by atoms with Crippen LogP contribution in [-0.4, -0.2) is 107 Å². The van der Waals surface area contributed by atoms with Gasteiger partial charge >= 0.3 is 0 Å². The van der Waals surface area contributed by atoms with Crippen LogP contribution < -0.4 is 16.0 Å². The number of carbonyl (C=O) groups excluding carboxylic acids is 1. The molecule has 4 rings (SSSR count). The Morgan fingerprint density at radius 3 is 2.50 bits per heavy atom. The molecule has 196 valence electrons. The van der Waals surface area contributed by atoms with Crippen molar-refractivity contribution in [2.24, 2.45) is 17.8 Å². The Hall–Kier alpha value is -0.170. The van der Waals surface area contributed by atoms with Gasteiger partial charge in [0.05, 0.1) is 17.5 Å². The maximum Gasteiger partial charge on any atom is 0.240 e. The van der Waals surface area contributed by atoms with E-state index in [0.717, 1.165) is 32.5 Å². The first-order valence-corrected chi connectivity index (χ1v) is 14.3. The lowest BCUT2D eigenvalue weighted by molar-refractivity contribution is -0.205. The standard InChI is InChI=1S/C23H40ClN3O6S/c1-11(24)15(21-18(29)17(28)19(30)23(33-21)34-2)27-22(31)16-20-14(10-26-16)9-13(5-8-32-20)12-3-6-25-7-4-12/h11-21,23,25-26,28-30H,3-10H2,1-2H3,(H,27,31)/t11-,13-,14-,15+,16?,17?,18?,19+,20+,21+,23?/m0/s1. The SMILES string of the molecule is CSC1O[C@H]([C@H](NC(=O)C2NC[C@@H]3C[C@@H](C4CCNCC4)CCO[C@@H]23)[C@H](C)Cl)C(O)C(O)[C@H]1O. The fourth-order valence-electron chi connectivity index (χ4n) is 6.16. The van der Waals surface area contributed by atoms with Crippen LogP contribution in [0.5, 0.6) is 0 Å². The Kier molecular flexibility index (Phi) is 9.42. The van der Waals surface area contributed by atoms with Crippen LogP contribution in [-0.2, 0) is 14.3 Å². The van der Waals surface area contributed by atoms with Crippen molar-refractivity contribution in [3.05, 3.63) is 0 Å². The first-order valence-electron chi connectivity index (χ1n) is 12.5. The molecule has 0 saturated carbocycles. The van der Waals surface area contributed by atoms with Gasteiger partial charge in [-0.25, -0.2) is 0 Å². The zero-order valence-electron chi connectivity index (χ0n) is 19.9. The van der Waals surface area contributed by atoms with E-state index < -0.39 is 47.3 Å². The van der Waals surface area contributed by atoms with E-state index >= 15 is 0 Å². The zero-order valence-corrected chi connectivity index (χ0v) is 21.5. The summed E-state index contributed by atoms with van der Waals surface area (Å²) in [6.45, 7) is 5.25. The van der Waals surface area contributed by atoms with E-state index in [9.17, 15) is 20.1 Å². The summed E-state index contributed by atoms with van der Waals surface area (Å²) in [5.74, 6) is 1.37. The number of hydrogen-bond acceptors (Lipinski definition) is 9. The number of nitrogens with one attached hydrogen (secondary N) is 3. The van der Waals surface area contributed by atoms with Crippen LogP contribution in [0, 0.1) is 17.8 Å². The highest BCUT2D eigenvalue weighted by Crippen LogP contribution is 2.37. The predicted molar refractivity (Wildman–Crippen MR) is 131 cm³/mol. The minimum Gasteiger partial charge on any atom is -0.388 e. The summed E-state index contributed by atoms with van der Waals surface area (Å²) < 4.78 is 12.1. The Balaban J connectivity index is 1.41. The van der Waals surface area contributed by atoms with Crippen LogP contribution in [0.15, 0.2) is 0 Å². The lowest BCUT2D eigenvalue weighted by Crippen LogP contribution is -2.65. The minimum atomic E-state index is -1.39. The average Bonchev–Trinajstić information content (AvgIpc) is 3.11. The minimum absolute atomic E-state index is 0.207. The van der Waals surface area contributed by atoms with Crippen molar-refractivity contribution in [2.45, 2.75) is 86.0 Å². The molecule has 0 aromatic carbocycles. The number of rotatable bonds is 6. The summed E-state index contributed by atoms with van der Waals surface area (Å²) >= 11 is 7.65. The van der Waals surface area contributed by atoms with Crippen molar-refractivity contribution in [3.63, 3.8) is 0 Å². The molecular formula is C23H40ClN3O6S. The molecule has 4 saturated heterocycles. The van der Waals surface area contributed by atoms with Gasteiger partial charge in [0.2, 0.25) is 5.91 Å². The number of carbonyl (C=O) groups is 1. The molecule has 0 aromatic rings. The summed E-state index contributed by atoms with van der Waals surface area (Å²) in [5, 5.41) is 40.3. The fourth-order valence-corrected chi connectivity index (χ4v) is 7.04. The number of hydrogen-bond donors (Lipinski definition) is 6. The van der Waals surface area contributed by atoms with Gasteiger partial charge in [0.25, 0.3) is 0 Å². The predicted octanol–water partition coefficient (Wildman–Crippen LogP) is -0.348. The highest BCUT2D eigenvalue weighted by Gasteiger charge is 2.49. The molecule has 0 aliphatic carbocycles. The largest absolute Gasteiger partial charge is 0.388 e. The molecule has 0 bridgehead atoms. The fraction of sp³-hybridized carbons (Fsp3) is 0.957. The van der Waals surface area contributed by atoms with Crippen LogP contribution in [0.25, 0.3) is 0 Å². The molecular weight excluding hydrogens is 482 g/mol. The average molecular weight is 522 g/mol. The first-order chi connectivity index (χ1) is 16.3. The third kappa shape index (κ3) is 5.70. The number of ether oxygens (including phenoxy) is 2. The van der Waals surface area contributed by atoms with Gasteiger partial charge in [-0.05, 0) is 69.7 Å². The number of alkyl halides is 1. The topological polar surface area (TPSA) is 132 Å². The highest BCUT2D eigenvalue weighted by atomic mass is 35.5. The highest BCUT2D eigenvalue weighted by molar-refractivity contribution is 7.99. The molecule has 4 aliphatic rings. The summed E-state index contributed by atoms with van der Waals surface area (Å²) in [4.78, 5) is 13.4. The van der Waals surface area contributed by atoms with Gasteiger partial charge in [-0.2, -0.15) is 0 Å². The van der Waals surface area contributed by atoms with E-state index in [1.807, 2.05) is 0 Å². The van der Waals surface area contributed by atoms with Crippen molar-refractivity contribution >= 4 is 29.3 Å². The number of piperidine rings is 1. The Labute approximate surface area is 211 Å². The van der Waals surface area contributed by atoms with Crippen LogP contribution in [0.2, 0.25) is 0 Å². The molecule has 0 radical (unpaired) electrons. The Bertz CT molecular complexity index is 685. The van der Waals surface area contributed by atoms with Gasteiger partial charge in [0, 0.05) is 13.2 Å². The lowest BCUT2D eigenvalue weighted by Gasteiger charge is -2.44. The third-order valence-corrected chi connectivity index (χ3v) is 9.25. The van der Waals surface area contributed by atoms with Gasteiger partial charge in [-0.15, -0.1) is 23.4 Å². The van der Waals surface area contributed by atoms with Gasteiger partial charge < -0.3 is 40.7 Å². The van der Waals surface area contributed by atoms with Crippen LogP contribution in [0.3, 0.4) is 0 Å². The number of aliphatic hydroxyl groups is 3. The van der Waals surface area contributed by atoms with Gasteiger partial charge in [-0.3, -0.25) is 4.79 Å². The molecule has 6 N–H and O–H groups in total. The molecule has 0 spiro atoms. The van der Waals surface area contributed by atoms with E-state index in [2.05, 4.69) is 16.0 Å². The Morgan fingerprint density at radius 1 is 1.09 bits per heavy atom. The number of thioether (sulfide) groups is 1. The maximum absolute atomic E-state index is 13.4. The number of fused-ring (bicyclic) bond motifs is 1. The molecule has 4 heterocycles. The molecule has 4 fully saturated rings. The van der Waals surface area contributed by atoms with Crippen molar-refractivity contribution in [1.29, 1.82) is 0 Å². The molecule has 34 heavy (non-hydrogen) atoms. The van der Waals surface area contributed by atoms with Gasteiger partial charge in [-0.1, -0.05) is 0 Å². The summed E-state index contributed by atoms with van der Waals surface area (Å²) in [5.41, 5.74) is -0.732. The number of amides is 1. The first kappa shape index (κ1) is 26.9. The summed E-state index contributed by atoms with van der Waals surface area (Å²) in [6, 6.07) is -1.27. The van der Waals surface area contributed by atoms with Crippen molar-refractivity contribution in [3.8, 4) is 0 Å². The summed E-state index contributed by atoms with van der Waals surface area (Å²) in [7, 11) is 0. The molecule has 11 atom stereocenters. The van der Waals surface area contributed by atoms with E-state index in [1.54, 1.807) is 13.2 Å². The van der Waals surface area contributed by atoms with Crippen molar-refractivity contribution in [1.82, 2.24) is 16.0 Å². The van der Waals surface area contributed by atoms with E-state index in [-0.39, 0.29) is 17.9 Å². The molecule has 9 nitrogen and oxygen atoms in total. The van der Waals surface area contributed by atoms with E-state index in [0.29, 0.717) is 18.4 Å². The molecule has 11 heteroatoms. The summed E-state index contributed by atoms with van der Waals surface area (Å²) in [6.07, 6.45) is 1.09. The molecule has 0 aromatic heterocycles. The normalized spacial score (nSPS) is 43.5. The maximum atomic E-state index is 13.4. The van der Waals surface area contributed by atoms with Crippen molar-refractivity contribution < 1.29 is 29.6 Å². The monoisotopic (exact) mass is 521 g/mol. The quantitative estimate of drug-likeness (QED) is 0.259. The Morgan fingerprint density at radius 2 is 1.82 bits per heavy atom. The third-order valence-electron chi connectivity index (χ3n) is 8.13. The molecule has 4 aliphatic heterocycles. The smallest absolute Gasteiger partial charge is 0.240 e. The van der Waals surface area contributed by atoms with Crippen LogP contribution >= 0.6 is 23.4 Å². The van der Waals surface area contributed by atoms with E-state index in [1.165, 1.54) is 24.6 Å². The lowest BCUT2D eigenvalue weighted by atomic mass is 9.77.